The molecule has 0 spiro atoms. The number of likely N-dealkylation sites (tertiary alicyclic amines) is 1. The van der Waals surface area contributed by atoms with Crippen LogP contribution in [0.4, 0.5) is 11.5 Å². The van der Waals surface area contributed by atoms with Crippen LogP contribution in [-0.2, 0) is 7.05 Å². The van der Waals surface area contributed by atoms with Gasteiger partial charge in [0.1, 0.15) is 23.8 Å². The Balaban J connectivity index is 1.12. The van der Waals surface area contributed by atoms with Gasteiger partial charge in [-0.2, -0.15) is 5.10 Å². The van der Waals surface area contributed by atoms with Gasteiger partial charge in [-0.1, -0.05) is 12.5 Å². The van der Waals surface area contributed by atoms with Crippen molar-refractivity contribution in [3.63, 3.8) is 0 Å². The van der Waals surface area contributed by atoms with Gasteiger partial charge in [0, 0.05) is 37.2 Å². The average molecular weight is 494 g/mol. The smallest absolute Gasteiger partial charge is 0.137 e. The minimum absolute atomic E-state index is 0.722. The number of aromatic nitrogens is 5. The summed E-state index contributed by atoms with van der Waals surface area (Å²) in [5.41, 5.74) is 5.77. The summed E-state index contributed by atoms with van der Waals surface area (Å²) in [6.07, 6.45) is 11.7. The average Bonchev–Trinajstić information content (AvgIpc) is 3.56. The summed E-state index contributed by atoms with van der Waals surface area (Å²) in [5, 5.41) is 7.68. The fraction of sp³-hybridized carbons (Fsp3) is 0.276. The van der Waals surface area contributed by atoms with Crippen LogP contribution >= 0.6 is 0 Å². The SMILES string of the molecule is Cn1cc(-c2ccn3c(-c4cccc(Nc5ccc(OCCN6CCCCC6)cc5)n4)cnc3c2)cn1. The second kappa shape index (κ2) is 10.4. The summed E-state index contributed by atoms with van der Waals surface area (Å²) in [4.78, 5) is 12.0. The highest BCUT2D eigenvalue weighted by atomic mass is 16.5. The Hall–Kier alpha value is -4.17. The van der Waals surface area contributed by atoms with E-state index in [2.05, 4.69) is 36.8 Å². The number of hydrogen-bond donors (Lipinski definition) is 1. The van der Waals surface area contributed by atoms with Crippen LogP contribution in [0.3, 0.4) is 0 Å². The highest BCUT2D eigenvalue weighted by Gasteiger charge is 2.11. The van der Waals surface area contributed by atoms with Gasteiger partial charge >= 0.3 is 0 Å². The van der Waals surface area contributed by atoms with Gasteiger partial charge < -0.3 is 10.1 Å². The molecule has 5 heterocycles. The van der Waals surface area contributed by atoms with Crippen LogP contribution in [-0.4, -0.2) is 55.3 Å². The minimum atomic E-state index is 0.722. The Labute approximate surface area is 216 Å². The third-order valence-corrected chi connectivity index (χ3v) is 6.81. The highest BCUT2D eigenvalue weighted by Crippen LogP contribution is 2.26. The lowest BCUT2D eigenvalue weighted by Crippen LogP contribution is -2.33. The maximum Gasteiger partial charge on any atom is 0.137 e. The van der Waals surface area contributed by atoms with Gasteiger partial charge in [-0.3, -0.25) is 14.0 Å². The molecule has 37 heavy (non-hydrogen) atoms. The number of piperidine rings is 1. The molecule has 1 aliphatic rings. The van der Waals surface area contributed by atoms with Crippen molar-refractivity contribution in [1.29, 1.82) is 0 Å². The Morgan fingerprint density at radius 2 is 1.81 bits per heavy atom. The molecule has 1 fully saturated rings. The van der Waals surface area contributed by atoms with Crippen molar-refractivity contribution < 1.29 is 4.74 Å². The Morgan fingerprint density at radius 3 is 2.62 bits per heavy atom. The first-order valence-electron chi connectivity index (χ1n) is 12.9. The number of anilines is 2. The summed E-state index contributed by atoms with van der Waals surface area (Å²) in [6.45, 7) is 4.10. The molecule has 8 heteroatoms. The molecule has 1 N–H and O–H groups in total. The lowest BCUT2D eigenvalue weighted by atomic mass is 10.1. The number of fused-ring (bicyclic) bond motifs is 1. The van der Waals surface area contributed by atoms with E-state index in [4.69, 9.17) is 9.72 Å². The zero-order chi connectivity index (χ0) is 25.0. The molecule has 0 saturated carbocycles. The van der Waals surface area contributed by atoms with Crippen molar-refractivity contribution in [1.82, 2.24) is 29.0 Å². The Morgan fingerprint density at radius 1 is 0.946 bits per heavy atom. The van der Waals surface area contributed by atoms with E-state index in [1.807, 2.05) is 74.3 Å². The molecule has 4 aromatic heterocycles. The molecule has 1 saturated heterocycles. The van der Waals surface area contributed by atoms with Crippen LogP contribution in [0.25, 0.3) is 28.2 Å². The van der Waals surface area contributed by atoms with Crippen LogP contribution in [0.5, 0.6) is 5.75 Å². The molecule has 1 aromatic carbocycles. The van der Waals surface area contributed by atoms with E-state index in [1.54, 1.807) is 4.68 Å². The maximum absolute atomic E-state index is 5.96. The van der Waals surface area contributed by atoms with Gasteiger partial charge in [0.2, 0.25) is 0 Å². The van der Waals surface area contributed by atoms with Gasteiger partial charge in [0.25, 0.3) is 0 Å². The molecule has 0 atom stereocenters. The Bertz CT molecular complexity index is 1480. The van der Waals surface area contributed by atoms with Crippen molar-refractivity contribution in [3.8, 4) is 28.3 Å². The molecule has 5 aromatic rings. The standard InChI is InChI=1S/C29H31N7O/c1-34-21-23(19-31-34)22-12-15-36-27(20-30-29(36)18-22)26-6-5-7-28(33-26)32-24-8-10-25(11-9-24)37-17-16-35-13-3-2-4-14-35/h5-12,15,18-21H,2-4,13-14,16-17H2,1H3,(H,32,33). The van der Waals surface area contributed by atoms with E-state index in [-0.39, 0.29) is 0 Å². The number of rotatable bonds is 8. The van der Waals surface area contributed by atoms with Gasteiger partial charge in [0.05, 0.1) is 23.8 Å². The number of hydrogen-bond acceptors (Lipinski definition) is 6. The maximum atomic E-state index is 5.96. The number of nitrogens with one attached hydrogen (secondary N) is 1. The third-order valence-electron chi connectivity index (χ3n) is 6.81. The predicted molar refractivity (Wildman–Crippen MR) is 146 cm³/mol. The lowest BCUT2D eigenvalue weighted by molar-refractivity contribution is 0.183. The second-order valence-electron chi connectivity index (χ2n) is 9.50. The molecule has 8 nitrogen and oxygen atoms in total. The molecular weight excluding hydrogens is 462 g/mol. The van der Waals surface area contributed by atoms with Crippen molar-refractivity contribution in [2.24, 2.45) is 7.05 Å². The summed E-state index contributed by atoms with van der Waals surface area (Å²) in [6, 6.07) is 18.2. The number of imidazole rings is 1. The van der Waals surface area contributed by atoms with Crippen LogP contribution in [0.2, 0.25) is 0 Å². The van der Waals surface area contributed by atoms with Crippen molar-refractivity contribution >= 4 is 17.2 Å². The largest absolute Gasteiger partial charge is 0.492 e. The first-order chi connectivity index (χ1) is 18.2. The van der Waals surface area contributed by atoms with Crippen LogP contribution < -0.4 is 10.1 Å². The van der Waals surface area contributed by atoms with E-state index < -0.39 is 0 Å². The van der Waals surface area contributed by atoms with Gasteiger partial charge in [0.15, 0.2) is 0 Å². The van der Waals surface area contributed by atoms with E-state index in [0.717, 1.165) is 58.6 Å². The van der Waals surface area contributed by atoms with E-state index in [1.165, 1.54) is 32.4 Å². The summed E-state index contributed by atoms with van der Waals surface area (Å²) >= 11 is 0. The first kappa shape index (κ1) is 23.2. The lowest BCUT2D eigenvalue weighted by Gasteiger charge is -2.26. The van der Waals surface area contributed by atoms with Gasteiger partial charge in [-0.15, -0.1) is 0 Å². The number of ether oxygens (including phenoxy) is 1. The molecule has 188 valence electrons. The normalized spacial score (nSPS) is 14.2. The molecule has 0 aliphatic carbocycles. The third kappa shape index (κ3) is 5.34. The Kier molecular flexibility index (Phi) is 6.56. The minimum Gasteiger partial charge on any atom is -0.492 e. The number of pyridine rings is 2. The molecule has 0 radical (unpaired) electrons. The van der Waals surface area contributed by atoms with Crippen molar-refractivity contribution in [2.45, 2.75) is 19.3 Å². The first-order valence-corrected chi connectivity index (χ1v) is 12.9. The quantitative estimate of drug-likeness (QED) is 0.312. The topological polar surface area (TPSA) is 72.5 Å². The monoisotopic (exact) mass is 493 g/mol. The van der Waals surface area contributed by atoms with E-state index >= 15 is 0 Å². The molecule has 0 unspecified atom stereocenters. The number of benzene rings is 1. The fourth-order valence-electron chi connectivity index (χ4n) is 4.82. The molecule has 1 aliphatic heterocycles. The van der Waals surface area contributed by atoms with Crippen molar-refractivity contribution in [3.05, 3.63) is 79.4 Å². The van der Waals surface area contributed by atoms with Gasteiger partial charge in [-0.25, -0.2) is 9.97 Å². The van der Waals surface area contributed by atoms with Crippen LogP contribution in [0.15, 0.2) is 79.4 Å². The predicted octanol–water partition coefficient (Wildman–Crippen LogP) is 5.41. The second-order valence-corrected chi connectivity index (χ2v) is 9.50. The van der Waals surface area contributed by atoms with Crippen LogP contribution in [0, 0.1) is 0 Å². The molecular formula is C29H31N7O. The zero-order valence-corrected chi connectivity index (χ0v) is 21.0. The molecule has 6 rings (SSSR count). The number of nitrogens with zero attached hydrogens (tertiary/aromatic N) is 6. The summed E-state index contributed by atoms with van der Waals surface area (Å²) < 4.78 is 9.82. The summed E-state index contributed by atoms with van der Waals surface area (Å²) in [7, 11) is 1.92. The van der Waals surface area contributed by atoms with E-state index in [9.17, 15) is 0 Å². The van der Waals surface area contributed by atoms with E-state index in [0.29, 0.717) is 0 Å². The van der Waals surface area contributed by atoms with Gasteiger partial charge in [-0.05, 0) is 80.0 Å². The summed E-state index contributed by atoms with van der Waals surface area (Å²) in [5.74, 6) is 1.67. The molecule has 0 amide bonds. The molecule has 0 bridgehead atoms. The zero-order valence-electron chi connectivity index (χ0n) is 21.0. The van der Waals surface area contributed by atoms with Crippen LogP contribution in [0.1, 0.15) is 19.3 Å². The number of aryl methyl sites for hydroxylation is 1. The highest BCUT2D eigenvalue weighted by molar-refractivity contribution is 5.70. The fourth-order valence-corrected chi connectivity index (χ4v) is 4.82. The van der Waals surface area contributed by atoms with Crippen molar-refractivity contribution in [2.75, 3.05) is 31.6 Å².